The normalized spacial score (nSPS) is 11.8. The summed E-state index contributed by atoms with van der Waals surface area (Å²) in [5, 5.41) is 14.7. The van der Waals surface area contributed by atoms with E-state index in [2.05, 4.69) is 15.6 Å². The molecular weight excluding hydrogens is 533 g/mol. The number of aliphatic hydroxyl groups is 1. The van der Waals surface area contributed by atoms with Crippen LogP contribution in [0.15, 0.2) is 59.6 Å². The number of nitrogen functional groups attached to an aromatic ring is 1. The number of nitrogens with zero attached hydrogens (tertiary/aromatic N) is 1. The van der Waals surface area contributed by atoms with Crippen LogP contribution in [-0.2, 0) is 6.18 Å². The first kappa shape index (κ1) is 29.7. The number of aliphatic imine (C=N–C) groups is 1. The van der Waals surface area contributed by atoms with Gasteiger partial charge in [-0.15, -0.1) is 0 Å². The fourth-order valence-electron chi connectivity index (χ4n) is 3.83. The minimum atomic E-state index is -4.74. The number of hydrogen-bond acceptors (Lipinski definition) is 5. The maximum atomic E-state index is 13.4. The van der Waals surface area contributed by atoms with Crippen molar-refractivity contribution in [2.45, 2.75) is 39.3 Å². The van der Waals surface area contributed by atoms with Crippen molar-refractivity contribution in [3.8, 4) is 0 Å². The lowest BCUT2D eigenvalue weighted by Crippen LogP contribution is -2.19. The Morgan fingerprint density at radius 3 is 2.38 bits per heavy atom. The lowest BCUT2D eigenvalue weighted by atomic mass is 10.1. The Hall–Kier alpha value is -3.89. The lowest BCUT2D eigenvalue weighted by molar-refractivity contribution is -0.137. The number of hydrogen-bond donors (Lipinski definition) is 4. The number of halogens is 4. The van der Waals surface area contributed by atoms with E-state index in [4.69, 9.17) is 22.4 Å². The Labute approximate surface area is 228 Å². The van der Waals surface area contributed by atoms with Crippen molar-refractivity contribution in [2.75, 3.05) is 23.0 Å². The summed E-state index contributed by atoms with van der Waals surface area (Å²) in [5.41, 5.74) is 6.47. The van der Waals surface area contributed by atoms with Crippen LogP contribution in [-0.4, -0.2) is 29.2 Å². The van der Waals surface area contributed by atoms with E-state index in [9.17, 15) is 22.8 Å². The molecule has 206 valence electrons. The highest BCUT2D eigenvalue weighted by Crippen LogP contribution is 2.35. The molecule has 0 aliphatic carbocycles. The molecule has 39 heavy (non-hydrogen) atoms. The molecule has 0 bridgehead atoms. The second-order valence-electron chi connectivity index (χ2n) is 8.85. The van der Waals surface area contributed by atoms with Gasteiger partial charge in [-0.2, -0.15) is 13.2 Å². The van der Waals surface area contributed by atoms with E-state index in [1.54, 1.807) is 32.0 Å². The maximum absolute atomic E-state index is 13.4. The molecule has 0 radical (unpaired) electrons. The fraction of sp³-hybridized carbons (Fsp3) is 0.250. The highest BCUT2D eigenvalue weighted by Gasteiger charge is 2.35. The van der Waals surface area contributed by atoms with Crippen LogP contribution in [0.1, 0.15) is 58.0 Å². The predicted molar refractivity (Wildman–Crippen MR) is 148 cm³/mol. The number of anilines is 3. The van der Waals surface area contributed by atoms with Gasteiger partial charge in [-0.3, -0.25) is 14.6 Å². The lowest BCUT2D eigenvalue weighted by Gasteiger charge is -2.16. The second-order valence-corrected chi connectivity index (χ2v) is 9.26. The molecule has 0 saturated carbocycles. The number of amides is 2. The Bertz CT molecular complexity index is 1410. The molecule has 3 aromatic carbocycles. The van der Waals surface area contributed by atoms with Gasteiger partial charge in [0.25, 0.3) is 11.8 Å². The van der Waals surface area contributed by atoms with Gasteiger partial charge in [0.15, 0.2) is 0 Å². The molecule has 0 aromatic heterocycles. The van der Waals surface area contributed by atoms with Crippen molar-refractivity contribution in [3.63, 3.8) is 0 Å². The van der Waals surface area contributed by atoms with Gasteiger partial charge in [-0.25, -0.2) is 0 Å². The molecular formula is C28H28ClF3N4O3. The average molecular weight is 561 g/mol. The van der Waals surface area contributed by atoms with Gasteiger partial charge in [0.1, 0.15) is 0 Å². The number of unbranched alkanes of at least 4 members (excludes halogenated alkanes) is 1. The molecule has 5 N–H and O–H groups in total. The van der Waals surface area contributed by atoms with E-state index >= 15 is 0 Å². The summed E-state index contributed by atoms with van der Waals surface area (Å²) in [6.07, 6.45) is -2.95. The van der Waals surface area contributed by atoms with E-state index in [0.29, 0.717) is 41.2 Å². The minimum Gasteiger partial charge on any atom is -0.397 e. The first-order chi connectivity index (χ1) is 18.4. The second kappa shape index (κ2) is 12.8. The zero-order chi connectivity index (χ0) is 28.7. The number of carbonyl (C=O) groups excluding carboxylic acids is 2. The summed E-state index contributed by atoms with van der Waals surface area (Å²) in [6.45, 7) is 3.52. The van der Waals surface area contributed by atoms with Gasteiger partial charge >= 0.3 is 6.18 Å². The van der Waals surface area contributed by atoms with Gasteiger partial charge in [-0.05, 0) is 75.1 Å². The predicted octanol–water partition coefficient (Wildman–Crippen LogP) is 7.01. The topological polar surface area (TPSA) is 117 Å². The number of benzene rings is 3. The van der Waals surface area contributed by atoms with Crippen molar-refractivity contribution in [3.05, 3.63) is 81.9 Å². The van der Waals surface area contributed by atoms with Crippen LogP contribution in [0.25, 0.3) is 0 Å². The summed E-state index contributed by atoms with van der Waals surface area (Å²) < 4.78 is 40.3. The first-order valence-corrected chi connectivity index (χ1v) is 12.4. The van der Waals surface area contributed by atoms with Gasteiger partial charge < -0.3 is 21.5 Å². The van der Waals surface area contributed by atoms with Crippen LogP contribution in [0.3, 0.4) is 0 Å². The first-order valence-electron chi connectivity index (χ1n) is 12.0. The monoisotopic (exact) mass is 560 g/mol. The van der Waals surface area contributed by atoms with Gasteiger partial charge in [0, 0.05) is 28.7 Å². The summed E-state index contributed by atoms with van der Waals surface area (Å²) in [6, 6.07) is 12.0. The SMILES string of the molecule is CC(CCCCO)=Nc1c(N)cc(NC(=O)c2ccccc2C(F)(F)F)cc1C(=O)Nc1cccc(Cl)c1C. The molecule has 7 nitrogen and oxygen atoms in total. The molecule has 0 aliphatic rings. The zero-order valence-corrected chi connectivity index (χ0v) is 22.1. The quantitative estimate of drug-likeness (QED) is 0.128. The van der Waals surface area contributed by atoms with Crippen LogP contribution in [0.2, 0.25) is 5.02 Å². The third kappa shape index (κ3) is 7.58. The van der Waals surface area contributed by atoms with E-state index in [-0.39, 0.29) is 29.2 Å². The van der Waals surface area contributed by atoms with Crippen molar-refractivity contribution in [2.24, 2.45) is 4.99 Å². The van der Waals surface area contributed by atoms with E-state index in [1.165, 1.54) is 24.3 Å². The van der Waals surface area contributed by atoms with E-state index in [1.807, 2.05) is 0 Å². The minimum absolute atomic E-state index is 0.00436. The number of carbonyl (C=O) groups is 2. The Morgan fingerprint density at radius 1 is 1.00 bits per heavy atom. The molecule has 0 spiro atoms. The summed E-state index contributed by atoms with van der Waals surface area (Å²) in [4.78, 5) is 30.8. The number of alkyl halides is 3. The molecule has 0 aliphatic heterocycles. The summed E-state index contributed by atoms with van der Waals surface area (Å²) in [5.74, 6) is -1.63. The van der Waals surface area contributed by atoms with Crippen LogP contribution >= 0.6 is 11.6 Å². The molecule has 11 heteroatoms. The Morgan fingerprint density at radius 2 is 1.69 bits per heavy atom. The molecule has 0 heterocycles. The van der Waals surface area contributed by atoms with Gasteiger partial charge in [0.2, 0.25) is 0 Å². The maximum Gasteiger partial charge on any atom is 0.417 e. The van der Waals surface area contributed by atoms with E-state index < -0.39 is 29.1 Å². The fourth-order valence-corrected chi connectivity index (χ4v) is 4.00. The van der Waals surface area contributed by atoms with Crippen molar-refractivity contribution >= 4 is 51.9 Å². The highest BCUT2D eigenvalue weighted by atomic mass is 35.5. The molecule has 0 unspecified atom stereocenters. The third-order valence-corrected chi connectivity index (χ3v) is 6.29. The standard InChI is InChI=1S/C28H28ClF3N4O3/c1-16(8-5-6-13-37)34-25-20(27(39)36-24-12-7-11-22(29)17(24)2)14-18(15-23(25)33)35-26(38)19-9-3-4-10-21(19)28(30,31)32/h3-4,7,9-12,14-15,37H,5-6,8,13,33H2,1-2H3,(H,35,38)(H,36,39). The molecule has 0 fully saturated rings. The molecule has 2 amide bonds. The summed E-state index contributed by atoms with van der Waals surface area (Å²) in [7, 11) is 0. The van der Waals surface area contributed by atoms with Crippen molar-refractivity contribution in [1.82, 2.24) is 0 Å². The van der Waals surface area contributed by atoms with Crippen molar-refractivity contribution < 1.29 is 27.9 Å². The number of nitrogens with two attached hydrogens (primary N) is 1. The number of nitrogens with one attached hydrogen (secondary N) is 2. The third-order valence-electron chi connectivity index (χ3n) is 5.88. The van der Waals surface area contributed by atoms with E-state index in [0.717, 1.165) is 12.1 Å². The van der Waals surface area contributed by atoms with Crippen LogP contribution in [0.4, 0.5) is 35.9 Å². The molecule has 0 atom stereocenters. The largest absolute Gasteiger partial charge is 0.417 e. The van der Waals surface area contributed by atoms with Gasteiger partial charge in [0.05, 0.1) is 28.1 Å². The van der Waals surface area contributed by atoms with Gasteiger partial charge in [-0.1, -0.05) is 29.8 Å². The zero-order valence-electron chi connectivity index (χ0n) is 21.3. The average Bonchev–Trinajstić information content (AvgIpc) is 2.87. The molecule has 0 saturated heterocycles. The highest BCUT2D eigenvalue weighted by molar-refractivity contribution is 6.31. The summed E-state index contributed by atoms with van der Waals surface area (Å²) >= 11 is 6.18. The Balaban J connectivity index is 2.03. The van der Waals surface area contributed by atoms with Crippen LogP contribution in [0, 0.1) is 6.92 Å². The smallest absolute Gasteiger partial charge is 0.397 e. The Kier molecular flexibility index (Phi) is 9.71. The van der Waals surface area contributed by atoms with Crippen LogP contribution < -0.4 is 16.4 Å². The molecule has 3 rings (SSSR count). The number of aliphatic hydroxyl groups excluding tert-OH is 1. The number of rotatable bonds is 9. The molecule has 3 aromatic rings. The van der Waals surface area contributed by atoms with Crippen LogP contribution in [0.5, 0.6) is 0 Å². The van der Waals surface area contributed by atoms with Crippen molar-refractivity contribution in [1.29, 1.82) is 0 Å².